The number of anilines is 1. The van der Waals surface area contributed by atoms with Gasteiger partial charge in [-0.1, -0.05) is 17.7 Å². The molecular formula is C16H15BrClNO. The number of aromatic hydroxyl groups is 1. The van der Waals surface area contributed by atoms with E-state index in [-0.39, 0.29) is 6.04 Å². The van der Waals surface area contributed by atoms with E-state index in [4.69, 9.17) is 11.6 Å². The van der Waals surface area contributed by atoms with Crippen LogP contribution in [0.25, 0.3) is 0 Å². The average Bonchev–Trinajstić information content (AvgIpc) is 2.43. The lowest BCUT2D eigenvalue weighted by molar-refractivity contribution is 0.472. The Hall–Kier alpha value is -1.19. The number of aryl methyl sites for hydroxylation is 1. The molecule has 104 valence electrons. The Morgan fingerprint density at radius 3 is 2.90 bits per heavy atom. The van der Waals surface area contributed by atoms with Gasteiger partial charge in [0, 0.05) is 9.50 Å². The highest BCUT2D eigenvalue weighted by Crippen LogP contribution is 2.36. The van der Waals surface area contributed by atoms with Crippen molar-refractivity contribution in [1.29, 1.82) is 0 Å². The molecule has 4 heteroatoms. The van der Waals surface area contributed by atoms with Gasteiger partial charge in [-0.15, -0.1) is 0 Å². The Kier molecular flexibility index (Phi) is 3.90. The third-order valence-corrected chi connectivity index (χ3v) is 4.63. The maximum Gasteiger partial charge on any atom is 0.115 e. The van der Waals surface area contributed by atoms with Crippen molar-refractivity contribution in [2.45, 2.75) is 25.3 Å². The quantitative estimate of drug-likeness (QED) is 0.769. The molecular weight excluding hydrogens is 338 g/mol. The third-order valence-electron chi connectivity index (χ3n) is 3.70. The fourth-order valence-corrected chi connectivity index (χ4v) is 3.28. The minimum Gasteiger partial charge on any atom is -0.508 e. The lowest BCUT2D eigenvalue weighted by Gasteiger charge is -2.28. The second-order valence-corrected chi connectivity index (χ2v) is 6.39. The predicted molar refractivity (Wildman–Crippen MR) is 86.6 cm³/mol. The Morgan fingerprint density at radius 2 is 2.05 bits per heavy atom. The van der Waals surface area contributed by atoms with Crippen molar-refractivity contribution < 1.29 is 5.11 Å². The molecule has 2 nitrogen and oxygen atoms in total. The van der Waals surface area contributed by atoms with Crippen LogP contribution in [0.3, 0.4) is 0 Å². The standard InChI is InChI=1S/C16H15BrClNO/c17-14-7-4-11(18)9-16(14)19-15-3-1-2-10-8-12(20)5-6-13(10)15/h4-9,15,19-20H,1-3H2. The van der Waals surface area contributed by atoms with Crippen molar-refractivity contribution in [3.05, 3.63) is 57.0 Å². The largest absolute Gasteiger partial charge is 0.508 e. The predicted octanol–water partition coefficient (Wildman–Crippen LogP) is 5.30. The smallest absolute Gasteiger partial charge is 0.115 e. The van der Waals surface area contributed by atoms with Gasteiger partial charge in [0.05, 0.1) is 11.7 Å². The molecule has 0 radical (unpaired) electrons. The molecule has 3 rings (SSSR count). The molecule has 2 aromatic carbocycles. The Balaban J connectivity index is 1.91. The Bertz CT molecular complexity index is 644. The number of phenols is 1. The first kappa shape index (κ1) is 13.8. The minimum absolute atomic E-state index is 0.258. The van der Waals surface area contributed by atoms with Gasteiger partial charge in [-0.2, -0.15) is 0 Å². The summed E-state index contributed by atoms with van der Waals surface area (Å²) in [4.78, 5) is 0. The molecule has 0 fully saturated rings. The molecule has 2 N–H and O–H groups in total. The summed E-state index contributed by atoms with van der Waals surface area (Å²) in [5.74, 6) is 0.341. The van der Waals surface area contributed by atoms with Gasteiger partial charge in [0.15, 0.2) is 0 Å². The van der Waals surface area contributed by atoms with Gasteiger partial charge in [-0.25, -0.2) is 0 Å². The van der Waals surface area contributed by atoms with Crippen LogP contribution in [-0.4, -0.2) is 5.11 Å². The van der Waals surface area contributed by atoms with E-state index >= 15 is 0 Å². The van der Waals surface area contributed by atoms with Crippen LogP contribution >= 0.6 is 27.5 Å². The zero-order valence-corrected chi connectivity index (χ0v) is 13.2. The van der Waals surface area contributed by atoms with Gasteiger partial charge in [0.2, 0.25) is 0 Å². The van der Waals surface area contributed by atoms with Crippen molar-refractivity contribution in [1.82, 2.24) is 0 Å². The molecule has 0 heterocycles. The lowest BCUT2D eigenvalue weighted by Crippen LogP contribution is -2.17. The zero-order valence-electron chi connectivity index (χ0n) is 10.9. The van der Waals surface area contributed by atoms with Gasteiger partial charge in [0.25, 0.3) is 0 Å². The highest BCUT2D eigenvalue weighted by Gasteiger charge is 2.21. The molecule has 0 aromatic heterocycles. The third kappa shape index (κ3) is 2.79. The van der Waals surface area contributed by atoms with Crippen LogP contribution in [-0.2, 0) is 6.42 Å². The molecule has 0 saturated carbocycles. The number of hydrogen-bond donors (Lipinski definition) is 2. The summed E-state index contributed by atoms with van der Waals surface area (Å²) in [6.45, 7) is 0. The molecule has 1 atom stereocenters. The van der Waals surface area contributed by atoms with Crippen LogP contribution in [0.1, 0.15) is 30.0 Å². The van der Waals surface area contributed by atoms with Crippen LogP contribution in [0.5, 0.6) is 5.75 Å². The second kappa shape index (κ2) is 5.66. The van der Waals surface area contributed by atoms with Gasteiger partial charge in [-0.3, -0.25) is 0 Å². The van der Waals surface area contributed by atoms with E-state index in [0.717, 1.165) is 34.4 Å². The van der Waals surface area contributed by atoms with Gasteiger partial charge >= 0.3 is 0 Å². The lowest BCUT2D eigenvalue weighted by atomic mass is 9.87. The summed E-state index contributed by atoms with van der Waals surface area (Å²) >= 11 is 9.61. The molecule has 20 heavy (non-hydrogen) atoms. The molecule has 0 aliphatic heterocycles. The van der Waals surface area contributed by atoms with Crippen molar-refractivity contribution in [2.24, 2.45) is 0 Å². The fourth-order valence-electron chi connectivity index (χ4n) is 2.75. The van der Waals surface area contributed by atoms with Crippen molar-refractivity contribution >= 4 is 33.2 Å². The fraction of sp³-hybridized carbons (Fsp3) is 0.250. The molecule has 1 unspecified atom stereocenters. The summed E-state index contributed by atoms with van der Waals surface area (Å²) in [5.41, 5.74) is 3.50. The SMILES string of the molecule is Oc1ccc2c(c1)CCCC2Nc1cc(Cl)ccc1Br. The molecule has 1 aliphatic carbocycles. The molecule has 0 bridgehead atoms. The number of rotatable bonds is 2. The van der Waals surface area contributed by atoms with E-state index in [2.05, 4.69) is 21.2 Å². The highest BCUT2D eigenvalue weighted by atomic mass is 79.9. The van der Waals surface area contributed by atoms with Crippen molar-refractivity contribution in [2.75, 3.05) is 5.32 Å². The molecule has 0 spiro atoms. The number of benzene rings is 2. The summed E-state index contributed by atoms with van der Waals surface area (Å²) in [6, 6.07) is 11.6. The maximum atomic E-state index is 9.60. The van der Waals surface area contributed by atoms with Crippen molar-refractivity contribution in [3.63, 3.8) is 0 Å². The van der Waals surface area contributed by atoms with Crippen LogP contribution in [0, 0.1) is 0 Å². The van der Waals surface area contributed by atoms with Gasteiger partial charge < -0.3 is 10.4 Å². The molecule has 2 aromatic rings. The maximum absolute atomic E-state index is 9.60. The number of nitrogens with one attached hydrogen (secondary N) is 1. The van der Waals surface area contributed by atoms with E-state index in [1.807, 2.05) is 30.3 Å². The first-order valence-electron chi connectivity index (χ1n) is 6.67. The second-order valence-electron chi connectivity index (χ2n) is 5.10. The summed E-state index contributed by atoms with van der Waals surface area (Å²) in [5, 5.41) is 13.9. The average molecular weight is 353 g/mol. The summed E-state index contributed by atoms with van der Waals surface area (Å²) in [6.07, 6.45) is 3.22. The summed E-state index contributed by atoms with van der Waals surface area (Å²) in [7, 11) is 0. The Labute approximate surface area is 131 Å². The van der Waals surface area contributed by atoms with Crippen LogP contribution < -0.4 is 5.32 Å². The van der Waals surface area contributed by atoms with E-state index in [1.54, 1.807) is 6.07 Å². The Morgan fingerprint density at radius 1 is 1.20 bits per heavy atom. The van der Waals surface area contributed by atoms with Crippen LogP contribution in [0.2, 0.25) is 5.02 Å². The molecule has 0 saturated heterocycles. The van der Waals surface area contributed by atoms with E-state index in [1.165, 1.54) is 11.1 Å². The van der Waals surface area contributed by atoms with Crippen LogP contribution in [0.4, 0.5) is 5.69 Å². The highest BCUT2D eigenvalue weighted by molar-refractivity contribution is 9.10. The van der Waals surface area contributed by atoms with Gasteiger partial charge in [0.1, 0.15) is 5.75 Å². The normalized spacial score (nSPS) is 17.6. The first-order valence-corrected chi connectivity index (χ1v) is 7.84. The van der Waals surface area contributed by atoms with E-state index in [9.17, 15) is 5.11 Å². The first-order chi connectivity index (χ1) is 9.63. The van der Waals surface area contributed by atoms with E-state index in [0.29, 0.717) is 5.75 Å². The number of hydrogen-bond acceptors (Lipinski definition) is 2. The van der Waals surface area contributed by atoms with Crippen LogP contribution in [0.15, 0.2) is 40.9 Å². The van der Waals surface area contributed by atoms with Crippen molar-refractivity contribution in [3.8, 4) is 5.75 Å². The monoisotopic (exact) mass is 351 g/mol. The molecule has 1 aliphatic rings. The minimum atomic E-state index is 0.258. The number of halogens is 2. The summed E-state index contributed by atoms with van der Waals surface area (Å²) < 4.78 is 1.01. The molecule has 0 amide bonds. The zero-order chi connectivity index (χ0) is 14.1. The number of fused-ring (bicyclic) bond motifs is 1. The van der Waals surface area contributed by atoms with Gasteiger partial charge in [-0.05, 0) is 76.7 Å². The van der Waals surface area contributed by atoms with E-state index < -0.39 is 0 Å². The number of phenolic OH excluding ortho intramolecular Hbond substituents is 1. The topological polar surface area (TPSA) is 32.3 Å².